The molecule has 1 aliphatic heterocycles. The number of hydrogen-bond donors (Lipinski definition) is 2. The lowest BCUT2D eigenvalue weighted by Gasteiger charge is -2.22. The van der Waals surface area contributed by atoms with Crippen molar-refractivity contribution in [1.82, 2.24) is 10.2 Å². The number of ether oxygens (including phenoxy) is 1. The predicted molar refractivity (Wildman–Crippen MR) is 54.1 cm³/mol. The first-order valence-electron chi connectivity index (χ1n) is 4.95. The monoisotopic (exact) mass is 215 g/mol. The van der Waals surface area contributed by atoms with Gasteiger partial charge in [0.15, 0.2) is 0 Å². The zero-order valence-corrected chi connectivity index (χ0v) is 8.86. The summed E-state index contributed by atoms with van der Waals surface area (Å²) < 4.78 is 4.81. The van der Waals surface area contributed by atoms with Crippen LogP contribution in [0.3, 0.4) is 0 Å². The highest BCUT2D eigenvalue weighted by Crippen LogP contribution is 1.99. The summed E-state index contributed by atoms with van der Waals surface area (Å²) in [7, 11) is 1.50. The molecule has 6 heteroatoms. The van der Waals surface area contributed by atoms with Crippen molar-refractivity contribution in [3.8, 4) is 0 Å². The zero-order valence-electron chi connectivity index (χ0n) is 8.86. The van der Waals surface area contributed by atoms with Crippen LogP contribution in [0.2, 0.25) is 0 Å². The molecule has 15 heavy (non-hydrogen) atoms. The molecule has 1 fully saturated rings. The SMILES string of the molecule is COCC(N)C(=O)N1CCNC(=O)CC1. The van der Waals surface area contributed by atoms with Gasteiger partial charge in [-0.25, -0.2) is 0 Å². The molecule has 0 radical (unpaired) electrons. The van der Waals surface area contributed by atoms with Gasteiger partial charge < -0.3 is 20.7 Å². The molecular weight excluding hydrogens is 198 g/mol. The van der Waals surface area contributed by atoms with E-state index in [9.17, 15) is 9.59 Å². The van der Waals surface area contributed by atoms with E-state index in [4.69, 9.17) is 10.5 Å². The summed E-state index contributed by atoms with van der Waals surface area (Å²) in [6.07, 6.45) is 0.339. The lowest BCUT2D eigenvalue weighted by molar-refractivity contribution is -0.133. The van der Waals surface area contributed by atoms with E-state index in [1.807, 2.05) is 0 Å². The Balaban J connectivity index is 2.47. The van der Waals surface area contributed by atoms with E-state index < -0.39 is 6.04 Å². The fourth-order valence-corrected chi connectivity index (χ4v) is 1.47. The van der Waals surface area contributed by atoms with Crippen molar-refractivity contribution in [3.05, 3.63) is 0 Å². The Labute approximate surface area is 88.7 Å². The Morgan fingerprint density at radius 2 is 2.40 bits per heavy atom. The molecule has 0 aliphatic carbocycles. The smallest absolute Gasteiger partial charge is 0.241 e. The van der Waals surface area contributed by atoms with Gasteiger partial charge >= 0.3 is 0 Å². The number of methoxy groups -OCH3 is 1. The Kier molecular flexibility index (Phi) is 4.51. The Morgan fingerprint density at radius 3 is 3.07 bits per heavy atom. The number of nitrogens with zero attached hydrogens (tertiary/aromatic N) is 1. The first-order valence-corrected chi connectivity index (χ1v) is 4.95. The second-order valence-electron chi connectivity index (χ2n) is 3.49. The lowest BCUT2D eigenvalue weighted by Crippen LogP contribution is -2.47. The first kappa shape index (κ1) is 11.9. The minimum Gasteiger partial charge on any atom is -0.383 e. The van der Waals surface area contributed by atoms with Crippen molar-refractivity contribution in [2.24, 2.45) is 5.73 Å². The van der Waals surface area contributed by atoms with Gasteiger partial charge in [0.25, 0.3) is 0 Å². The van der Waals surface area contributed by atoms with Crippen molar-refractivity contribution in [1.29, 1.82) is 0 Å². The van der Waals surface area contributed by atoms with Crippen LogP contribution >= 0.6 is 0 Å². The predicted octanol–water partition coefficient (Wildman–Crippen LogP) is -1.69. The van der Waals surface area contributed by atoms with Crippen LogP contribution in [0.25, 0.3) is 0 Å². The highest BCUT2D eigenvalue weighted by Gasteiger charge is 2.23. The second kappa shape index (κ2) is 5.67. The first-order chi connectivity index (χ1) is 7.15. The summed E-state index contributed by atoms with van der Waals surface area (Å²) in [6, 6.07) is -0.636. The zero-order chi connectivity index (χ0) is 11.3. The molecule has 1 unspecified atom stereocenters. The maximum Gasteiger partial charge on any atom is 0.241 e. The van der Waals surface area contributed by atoms with E-state index in [0.29, 0.717) is 26.1 Å². The number of rotatable bonds is 3. The van der Waals surface area contributed by atoms with Crippen molar-refractivity contribution in [2.75, 3.05) is 33.4 Å². The van der Waals surface area contributed by atoms with Gasteiger partial charge in [0.2, 0.25) is 11.8 Å². The highest BCUT2D eigenvalue weighted by atomic mass is 16.5. The fraction of sp³-hybridized carbons (Fsp3) is 0.778. The molecule has 0 aromatic rings. The number of carbonyl (C=O) groups is 2. The molecule has 0 spiro atoms. The van der Waals surface area contributed by atoms with Gasteiger partial charge in [0, 0.05) is 33.2 Å². The van der Waals surface area contributed by atoms with Gasteiger partial charge in [-0.15, -0.1) is 0 Å². The molecule has 0 aromatic heterocycles. The summed E-state index contributed by atoms with van der Waals surface area (Å²) >= 11 is 0. The van der Waals surface area contributed by atoms with Crippen LogP contribution in [0.4, 0.5) is 0 Å². The third-order valence-electron chi connectivity index (χ3n) is 2.29. The molecule has 1 heterocycles. The molecular formula is C9H17N3O3. The van der Waals surface area contributed by atoms with E-state index >= 15 is 0 Å². The summed E-state index contributed by atoms with van der Waals surface area (Å²) in [6.45, 7) is 1.64. The van der Waals surface area contributed by atoms with E-state index in [1.165, 1.54) is 7.11 Å². The number of carbonyl (C=O) groups excluding carboxylic acids is 2. The number of nitrogens with two attached hydrogens (primary N) is 1. The largest absolute Gasteiger partial charge is 0.383 e. The number of nitrogens with one attached hydrogen (secondary N) is 1. The van der Waals surface area contributed by atoms with Crippen LogP contribution in [0.1, 0.15) is 6.42 Å². The Morgan fingerprint density at radius 1 is 1.67 bits per heavy atom. The van der Waals surface area contributed by atoms with E-state index in [-0.39, 0.29) is 18.4 Å². The topological polar surface area (TPSA) is 84.7 Å². The van der Waals surface area contributed by atoms with Gasteiger partial charge in [-0.1, -0.05) is 0 Å². The Hall–Kier alpha value is -1.14. The molecule has 2 amide bonds. The Bertz CT molecular complexity index is 245. The van der Waals surface area contributed by atoms with Crippen LogP contribution < -0.4 is 11.1 Å². The third kappa shape index (κ3) is 3.49. The van der Waals surface area contributed by atoms with E-state index in [1.54, 1.807) is 4.90 Å². The quantitative estimate of drug-likeness (QED) is 0.588. The molecule has 1 rings (SSSR count). The molecule has 1 saturated heterocycles. The van der Waals surface area contributed by atoms with Crippen molar-refractivity contribution < 1.29 is 14.3 Å². The summed E-state index contributed by atoms with van der Waals surface area (Å²) in [5.41, 5.74) is 5.62. The minimum atomic E-state index is -0.636. The molecule has 6 nitrogen and oxygen atoms in total. The maximum atomic E-state index is 11.7. The fourth-order valence-electron chi connectivity index (χ4n) is 1.47. The lowest BCUT2D eigenvalue weighted by atomic mass is 10.2. The third-order valence-corrected chi connectivity index (χ3v) is 2.29. The number of amides is 2. The minimum absolute atomic E-state index is 0.0226. The normalized spacial score (nSPS) is 19.3. The summed E-state index contributed by atoms with van der Waals surface area (Å²) in [4.78, 5) is 24.4. The van der Waals surface area contributed by atoms with Crippen LogP contribution in [0, 0.1) is 0 Å². The average molecular weight is 215 g/mol. The molecule has 0 bridgehead atoms. The summed E-state index contributed by atoms with van der Waals surface area (Å²) in [5, 5.41) is 2.70. The van der Waals surface area contributed by atoms with Crippen LogP contribution in [-0.4, -0.2) is 56.1 Å². The molecule has 86 valence electrons. The highest BCUT2D eigenvalue weighted by molar-refractivity contribution is 5.83. The molecule has 0 saturated carbocycles. The van der Waals surface area contributed by atoms with Crippen molar-refractivity contribution in [2.45, 2.75) is 12.5 Å². The molecule has 3 N–H and O–H groups in total. The molecule has 1 aliphatic rings. The van der Waals surface area contributed by atoms with Crippen molar-refractivity contribution >= 4 is 11.8 Å². The van der Waals surface area contributed by atoms with Crippen molar-refractivity contribution in [3.63, 3.8) is 0 Å². The van der Waals surface area contributed by atoms with Gasteiger partial charge in [-0.2, -0.15) is 0 Å². The van der Waals surface area contributed by atoms with E-state index in [2.05, 4.69) is 5.32 Å². The van der Waals surface area contributed by atoms with E-state index in [0.717, 1.165) is 0 Å². The maximum absolute atomic E-state index is 11.7. The molecule has 0 aromatic carbocycles. The standard InChI is InChI=1S/C9H17N3O3/c1-15-6-7(10)9(14)12-4-2-8(13)11-3-5-12/h7H,2-6,10H2,1H3,(H,11,13). The average Bonchev–Trinajstić information content (AvgIpc) is 2.42. The number of hydrogen-bond acceptors (Lipinski definition) is 4. The second-order valence-corrected chi connectivity index (χ2v) is 3.49. The van der Waals surface area contributed by atoms with Crippen LogP contribution in [-0.2, 0) is 14.3 Å². The van der Waals surface area contributed by atoms with Gasteiger partial charge in [0.1, 0.15) is 6.04 Å². The van der Waals surface area contributed by atoms with Gasteiger partial charge in [0.05, 0.1) is 6.61 Å². The van der Waals surface area contributed by atoms with Crippen LogP contribution in [0.5, 0.6) is 0 Å². The molecule has 1 atom stereocenters. The van der Waals surface area contributed by atoms with Gasteiger partial charge in [-0.05, 0) is 0 Å². The van der Waals surface area contributed by atoms with Crippen LogP contribution in [0.15, 0.2) is 0 Å². The van der Waals surface area contributed by atoms with Gasteiger partial charge in [-0.3, -0.25) is 9.59 Å². The summed E-state index contributed by atoms with van der Waals surface area (Å²) in [5.74, 6) is -0.182.